The van der Waals surface area contributed by atoms with Crippen molar-refractivity contribution in [3.8, 4) is 0 Å². The Bertz CT molecular complexity index is 149. The highest BCUT2D eigenvalue weighted by Gasteiger charge is 2.27. The van der Waals surface area contributed by atoms with Crippen LogP contribution in [0.5, 0.6) is 0 Å². The molecule has 0 spiro atoms. The molecule has 0 saturated carbocycles. The van der Waals surface area contributed by atoms with Gasteiger partial charge in [-0.25, -0.2) is 0 Å². The molecule has 0 amide bonds. The average Bonchev–Trinajstić information content (AvgIpc) is 1.98. The zero-order valence-corrected chi connectivity index (χ0v) is 10.5. The molecule has 0 aliphatic rings. The summed E-state index contributed by atoms with van der Waals surface area (Å²) < 4.78 is 69.9. The van der Waals surface area contributed by atoms with Gasteiger partial charge in [0.05, 0.1) is 0 Å². The molecule has 0 unspecified atom stereocenters. The van der Waals surface area contributed by atoms with Crippen molar-refractivity contribution < 1.29 is 26.3 Å². The highest BCUT2D eigenvalue weighted by atomic mass is 35.5. The van der Waals surface area contributed by atoms with Gasteiger partial charge in [0.1, 0.15) is 0 Å². The Labute approximate surface area is 103 Å². The maximum atomic E-state index is 11.6. The molecule has 16 heavy (non-hydrogen) atoms. The molecule has 0 heterocycles. The lowest BCUT2D eigenvalue weighted by Gasteiger charge is -2.06. The molecule has 1 radical (unpaired) electrons. The average molecular weight is 286 g/mol. The van der Waals surface area contributed by atoms with Crippen molar-refractivity contribution in [1.29, 1.82) is 0 Å². The summed E-state index contributed by atoms with van der Waals surface area (Å²) in [4.78, 5) is 0. The van der Waals surface area contributed by atoms with Crippen LogP contribution in [-0.2, 0) is 0 Å². The van der Waals surface area contributed by atoms with Crippen LogP contribution in [0.3, 0.4) is 0 Å². The fraction of sp³-hybridized carbons (Fsp3) is 1.00. The second-order valence-corrected chi connectivity index (χ2v) is 5.04. The van der Waals surface area contributed by atoms with E-state index in [0.29, 0.717) is 10.6 Å². The lowest BCUT2D eigenvalue weighted by atomic mass is 10.3. The topological polar surface area (TPSA) is 0 Å². The van der Waals surface area contributed by atoms with Crippen molar-refractivity contribution in [2.24, 2.45) is 0 Å². The van der Waals surface area contributed by atoms with E-state index in [2.05, 4.69) is 0 Å². The highest BCUT2D eigenvalue weighted by Crippen LogP contribution is 2.24. The van der Waals surface area contributed by atoms with Crippen molar-refractivity contribution in [2.75, 3.05) is 0 Å². The summed E-state index contributed by atoms with van der Waals surface area (Å²) in [7, 11) is 0. The highest BCUT2D eigenvalue weighted by molar-refractivity contribution is 6.35. The lowest BCUT2D eigenvalue weighted by Crippen LogP contribution is -2.08. The van der Waals surface area contributed by atoms with Gasteiger partial charge in [0.25, 0.3) is 0 Å². The van der Waals surface area contributed by atoms with E-state index < -0.39 is 25.2 Å². The van der Waals surface area contributed by atoms with Gasteiger partial charge in [-0.05, 0) is 0 Å². The summed E-state index contributed by atoms with van der Waals surface area (Å²) in [6.07, 6.45) is -9.81. The molecule has 0 aliphatic carbocycles. The first kappa shape index (κ1) is 18.8. The molecule has 0 nitrogen and oxygen atoms in total. The molecule has 0 fully saturated rings. The van der Waals surface area contributed by atoms with E-state index in [1.54, 1.807) is 0 Å². The summed E-state index contributed by atoms with van der Waals surface area (Å²) in [5.74, 6) is 0. The van der Waals surface area contributed by atoms with Gasteiger partial charge in [-0.2, -0.15) is 26.3 Å². The van der Waals surface area contributed by atoms with E-state index >= 15 is 0 Å². The predicted octanol–water partition coefficient (Wildman–Crippen LogP) is 4.63. The van der Waals surface area contributed by atoms with Gasteiger partial charge in [-0.1, -0.05) is 12.8 Å². The van der Waals surface area contributed by atoms with Gasteiger partial charge < -0.3 is 0 Å². The zero-order chi connectivity index (χ0) is 11.9. The third kappa shape index (κ3) is 16.8. The Kier molecular flexibility index (Phi) is 9.95. The van der Waals surface area contributed by atoms with Gasteiger partial charge in [-0.15, -0.1) is 23.0 Å². The van der Waals surface area contributed by atoms with Crippen LogP contribution in [0.25, 0.3) is 0 Å². The first-order valence-electron chi connectivity index (χ1n) is 4.66. The van der Waals surface area contributed by atoms with Crippen LogP contribution in [-0.4, -0.2) is 27.6 Å². The van der Waals surface area contributed by atoms with Crippen molar-refractivity contribution in [3.63, 3.8) is 0 Å². The van der Waals surface area contributed by atoms with Gasteiger partial charge in [-0.3, -0.25) is 0 Å². The quantitative estimate of drug-likeness (QED) is 0.379. The van der Waals surface area contributed by atoms with Gasteiger partial charge >= 0.3 is 12.4 Å². The van der Waals surface area contributed by atoms with Crippen LogP contribution in [0, 0.1) is 0 Å². The molecule has 97 valence electrons. The maximum absolute atomic E-state index is 11.6. The van der Waals surface area contributed by atoms with Crippen molar-refractivity contribution in [2.45, 2.75) is 48.6 Å². The molecular weight excluding hydrogens is 273 g/mol. The largest absolute Gasteiger partial charge is 0.389 e. The number of hydrogen-bond donors (Lipinski definition) is 0. The normalized spacial score (nSPS) is 12.1. The Morgan fingerprint density at radius 3 is 1.25 bits per heavy atom. The summed E-state index contributed by atoms with van der Waals surface area (Å²) in [5.41, 5.74) is 0. The number of rotatable bonds is 6. The van der Waals surface area contributed by atoms with Crippen LogP contribution >= 0.6 is 12.4 Å². The Hall–Kier alpha value is 0.402. The van der Waals surface area contributed by atoms with E-state index in [9.17, 15) is 26.3 Å². The van der Waals surface area contributed by atoms with Crippen molar-refractivity contribution >= 4 is 27.6 Å². The van der Waals surface area contributed by atoms with Crippen LogP contribution in [0.4, 0.5) is 26.3 Å². The van der Waals surface area contributed by atoms with Crippen molar-refractivity contribution in [3.05, 3.63) is 0 Å². The van der Waals surface area contributed by atoms with Crippen LogP contribution in [0.15, 0.2) is 0 Å². The molecule has 0 aromatic carbocycles. The number of alkyl halides is 6. The second kappa shape index (κ2) is 8.49. The fourth-order valence-corrected chi connectivity index (χ4v) is 2.31. The van der Waals surface area contributed by atoms with Crippen molar-refractivity contribution in [1.82, 2.24) is 0 Å². The lowest BCUT2D eigenvalue weighted by molar-refractivity contribution is -0.135. The monoisotopic (exact) mass is 285 g/mol. The van der Waals surface area contributed by atoms with Gasteiger partial charge in [0, 0.05) is 12.8 Å². The first-order chi connectivity index (χ1) is 6.71. The van der Waals surface area contributed by atoms with E-state index in [1.165, 1.54) is 0 Å². The standard InChI is InChI=1S/2C4H6F3.Al.ClH/c2*1-2-3-4(5,6)7;;/h2*1-3H2;;1H. The number of hydrogen-bond acceptors (Lipinski definition) is 0. The molecule has 0 rings (SSSR count). The zero-order valence-electron chi connectivity index (χ0n) is 8.50. The maximum Gasteiger partial charge on any atom is 0.389 e. The molecule has 0 bridgehead atoms. The Morgan fingerprint density at radius 1 is 0.688 bits per heavy atom. The van der Waals surface area contributed by atoms with E-state index in [1.807, 2.05) is 0 Å². The number of halogens is 7. The first-order valence-corrected chi connectivity index (χ1v) is 6.29. The Morgan fingerprint density at radius 2 is 1.00 bits per heavy atom. The van der Waals surface area contributed by atoms with E-state index in [0.717, 1.165) is 0 Å². The summed E-state index contributed by atoms with van der Waals surface area (Å²) >= 11 is -0.261. The third-order valence-corrected chi connectivity index (χ3v) is 3.37. The minimum Gasteiger partial charge on any atom is -0.171 e. The smallest absolute Gasteiger partial charge is 0.171 e. The van der Waals surface area contributed by atoms with Gasteiger partial charge in [0.15, 0.2) is 15.2 Å². The summed E-state index contributed by atoms with van der Waals surface area (Å²) in [6.45, 7) is 0. The molecule has 0 atom stereocenters. The molecule has 0 aromatic heterocycles. The summed E-state index contributed by atoms with van der Waals surface area (Å²) in [6, 6.07) is 0. The van der Waals surface area contributed by atoms with Gasteiger partial charge in [0.2, 0.25) is 0 Å². The Balaban J connectivity index is 0. The summed E-state index contributed by atoms with van der Waals surface area (Å²) in [5, 5.41) is 0.856. The fourth-order valence-electron chi connectivity index (χ4n) is 1.04. The van der Waals surface area contributed by atoms with E-state index in [4.69, 9.17) is 0 Å². The molecular formula is C8H13AlClF6. The molecule has 0 aliphatic heterocycles. The minimum absolute atomic E-state index is 0. The third-order valence-electron chi connectivity index (χ3n) is 1.74. The SMILES string of the molecule is Cl.FC(F)(F)CC[CH2][Al][CH2]CCC(F)(F)F. The van der Waals surface area contributed by atoms with Crippen LogP contribution < -0.4 is 0 Å². The predicted molar refractivity (Wildman–Crippen MR) is 53.2 cm³/mol. The minimum atomic E-state index is -4.13. The second-order valence-electron chi connectivity index (χ2n) is 3.30. The molecule has 0 saturated heterocycles. The van der Waals surface area contributed by atoms with Crippen LogP contribution in [0.2, 0.25) is 10.6 Å². The van der Waals surface area contributed by atoms with Crippen LogP contribution in [0.1, 0.15) is 25.7 Å². The molecule has 8 heteroatoms. The molecule has 0 aromatic rings. The molecule has 0 N–H and O–H groups in total. The van der Waals surface area contributed by atoms with E-state index in [-0.39, 0.29) is 40.5 Å².